The zero-order valence-electron chi connectivity index (χ0n) is 16.8. The van der Waals surface area contributed by atoms with Crippen molar-refractivity contribution in [1.82, 2.24) is 15.1 Å². The van der Waals surface area contributed by atoms with Crippen molar-refractivity contribution in [2.24, 2.45) is 11.3 Å². The van der Waals surface area contributed by atoms with Crippen molar-refractivity contribution >= 4 is 5.91 Å². The first-order valence-electron chi connectivity index (χ1n) is 11.0. The molecule has 0 aromatic heterocycles. The molecule has 1 saturated carbocycles. The lowest BCUT2D eigenvalue weighted by molar-refractivity contribution is -0.137. The molecule has 1 aromatic rings. The van der Waals surface area contributed by atoms with Gasteiger partial charge in [-0.3, -0.25) is 9.69 Å². The minimum absolute atomic E-state index is 0.302. The summed E-state index contributed by atoms with van der Waals surface area (Å²) in [6, 6.07) is 11.1. The number of benzene rings is 1. The van der Waals surface area contributed by atoms with Gasteiger partial charge in [0.05, 0.1) is 0 Å². The van der Waals surface area contributed by atoms with Gasteiger partial charge in [-0.25, -0.2) is 0 Å². The average Bonchev–Trinajstić information content (AvgIpc) is 3.40. The first kappa shape index (κ1) is 18.9. The molecule has 1 aromatic carbocycles. The van der Waals surface area contributed by atoms with Gasteiger partial charge >= 0.3 is 0 Å². The molecule has 4 nitrogen and oxygen atoms in total. The molecule has 1 spiro atoms. The van der Waals surface area contributed by atoms with Crippen molar-refractivity contribution in [1.29, 1.82) is 0 Å². The highest BCUT2D eigenvalue weighted by Crippen LogP contribution is 2.59. The number of likely N-dealkylation sites (tertiary alicyclic amines) is 1. The lowest BCUT2D eigenvalue weighted by Crippen LogP contribution is -2.51. The number of hydrogen-bond acceptors (Lipinski definition) is 3. The minimum Gasteiger partial charge on any atom is -0.338 e. The average molecular weight is 370 g/mol. The van der Waals surface area contributed by atoms with E-state index in [2.05, 4.69) is 52.4 Å². The first-order valence-corrected chi connectivity index (χ1v) is 11.0. The van der Waals surface area contributed by atoms with Gasteiger partial charge in [-0.05, 0) is 69.1 Å². The second kappa shape index (κ2) is 8.32. The van der Waals surface area contributed by atoms with Gasteiger partial charge in [0.25, 0.3) is 0 Å². The number of nitrogens with one attached hydrogen (secondary N) is 1. The number of piperidine rings is 2. The third-order valence-electron chi connectivity index (χ3n) is 7.01. The monoisotopic (exact) mass is 369 g/mol. The van der Waals surface area contributed by atoms with Crippen molar-refractivity contribution in [3.8, 4) is 0 Å². The predicted octanol–water partition coefficient (Wildman–Crippen LogP) is 3.28. The second-order valence-electron chi connectivity index (χ2n) is 8.92. The number of carbonyl (C=O) groups excluding carboxylic acids is 1. The fraction of sp³-hybridized carbons (Fsp3) is 0.696. The molecule has 2 saturated heterocycles. The highest BCUT2D eigenvalue weighted by atomic mass is 16.2. The van der Waals surface area contributed by atoms with E-state index in [1.54, 1.807) is 0 Å². The molecule has 148 valence electrons. The van der Waals surface area contributed by atoms with Gasteiger partial charge in [0.15, 0.2) is 0 Å². The standard InChI is InChI=1S/C23H35N3O/c1-2-14-26(22(27)21-16-23(21)10-12-24-13-11-23)20-9-6-15-25(18-20)17-19-7-4-3-5-8-19/h3-5,7-8,20-21,24H,2,6,9-18H2,1H3. The van der Waals surface area contributed by atoms with E-state index in [9.17, 15) is 4.79 Å². The fourth-order valence-corrected chi connectivity index (χ4v) is 5.36. The van der Waals surface area contributed by atoms with Crippen LogP contribution in [0.3, 0.4) is 0 Å². The Labute approximate surface area is 164 Å². The van der Waals surface area contributed by atoms with Crippen molar-refractivity contribution in [2.75, 3.05) is 32.7 Å². The van der Waals surface area contributed by atoms with Crippen molar-refractivity contribution in [3.05, 3.63) is 35.9 Å². The highest BCUT2D eigenvalue weighted by molar-refractivity contribution is 5.83. The van der Waals surface area contributed by atoms with Crippen molar-refractivity contribution in [3.63, 3.8) is 0 Å². The summed E-state index contributed by atoms with van der Waals surface area (Å²) in [5.41, 5.74) is 1.72. The number of amides is 1. The number of carbonyl (C=O) groups is 1. The molecule has 1 N–H and O–H groups in total. The molecule has 4 heteroatoms. The Bertz CT molecular complexity index is 626. The Balaban J connectivity index is 1.40. The summed E-state index contributed by atoms with van der Waals surface area (Å²) in [5.74, 6) is 0.765. The molecule has 2 atom stereocenters. The quantitative estimate of drug-likeness (QED) is 0.836. The van der Waals surface area contributed by atoms with Crippen LogP contribution in [0, 0.1) is 11.3 Å². The van der Waals surface area contributed by atoms with Gasteiger partial charge in [-0.2, -0.15) is 0 Å². The van der Waals surface area contributed by atoms with Crippen LogP contribution >= 0.6 is 0 Å². The third kappa shape index (κ3) is 4.22. The fourth-order valence-electron chi connectivity index (χ4n) is 5.36. The summed E-state index contributed by atoms with van der Waals surface area (Å²) >= 11 is 0. The summed E-state index contributed by atoms with van der Waals surface area (Å²) in [4.78, 5) is 18.2. The SMILES string of the molecule is CCCN(C(=O)C1CC12CCNCC2)C1CCCN(Cc2ccccc2)C1. The first-order chi connectivity index (χ1) is 13.2. The normalized spacial score (nSPS) is 27.4. The van der Waals surface area contributed by atoms with Gasteiger partial charge in [0.2, 0.25) is 5.91 Å². The van der Waals surface area contributed by atoms with E-state index >= 15 is 0 Å². The summed E-state index contributed by atoms with van der Waals surface area (Å²) in [5, 5.41) is 3.45. The van der Waals surface area contributed by atoms with E-state index in [0.29, 0.717) is 23.3 Å². The maximum absolute atomic E-state index is 13.4. The van der Waals surface area contributed by atoms with Crippen LogP contribution in [0.5, 0.6) is 0 Å². The van der Waals surface area contributed by atoms with E-state index in [1.807, 2.05) is 0 Å². The third-order valence-corrected chi connectivity index (χ3v) is 7.01. The van der Waals surface area contributed by atoms with E-state index in [0.717, 1.165) is 58.5 Å². The molecule has 3 aliphatic rings. The summed E-state index contributed by atoms with van der Waals surface area (Å²) in [6.07, 6.45) is 6.93. The van der Waals surface area contributed by atoms with Crippen LogP contribution in [0.1, 0.15) is 51.0 Å². The Hall–Kier alpha value is -1.39. The zero-order valence-corrected chi connectivity index (χ0v) is 16.8. The van der Waals surface area contributed by atoms with E-state index in [-0.39, 0.29) is 0 Å². The molecule has 4 rings (SSSR count). The van der Waals surface area contributed by atoms with Gasteiger partial charge < -0.3 is 10.2 Å². The minimum atomic E-state index is 0.302. The molecular weight excluding hydrogens is 334 g/mol. The molecular formula is C23H35N3O. The Morgan fingerprint density at radius 3 is 2.78 bits per heavy atom. The van der Waals surface area contributed by atoms with Gasteiger partial charge in [0.1, 0.15) is 0 Å². The van der Waals surface area contributed by atoms with Crippen LogP contribution in [-0.2, 0) is 11.3 Å². The zero-order chi connectivity index (χ0) is 18.7. The predicted molar refractivity (Wildman–Crippen MR) is 109 cm³/mol. The molecule has 2 aliphatic heterocycles. The van der Waals surface area contributed by atoms with Gasteiger partial charge in [-0.1, -0.05) is 37.3 Å². The Morgan fingerprint density at radius 2 is 2.04 bits per heavy atom. The molecule has 27 heavy (non-hydrogen) atoms. The summed E-state index contributed by atoms with van der Waals surface area (Å²) < 4.78 is 0. The lowest BCUT2D eigenvalue weighted by atomic mass is 9.91. The smallest absolute Gasteiger partial charge is 0.226 e. The Morgan fingerprint density at radius 1 is 1.26 bits per heavy atom. The molecule has 0 radical (unpaired) electrons. The van der Waals surface area contributed by atoms with Crippen LogP contribution in [0.25, 0.3) is 0 Å². The van der Waals surface area contributed by atoms with Crippen molar-refractivity contribution in [2.45, 2.75) is 58.0 Å². The van der Waals surface area contributed by atoms with Gasteiger partial charge in [-0.15, -0.1) is 0 Å². The second-order valence-corrected chi connectivity index (χ2v) is 8.92. The topological polar surface area (TPSA) is 35.6 Å². The maximum Gasteiger partial charge on any atom is 0.226 e. The van der Waals surface area contributed by atoms with Crippen molar-refractivity contribution < 1.29 is 4.79 Å². The molecule has 0 bridgehead atoms. The number of hydrogen-bond donors (Lipinski definition) is 1. The van der Waals surface area contributed by atoms with E-state index in [1.165, 1.54) is 24.8 Å². The van der Waals surface area contributed by atoms with Crippen LogP contribution in [-0.4, -0.2) is 54.5 Å². The molecule has 2 heterocycles. The largest absolute Gasteiger partial charge is 0.338 e. The number of rotatable bonds is 6. The van der Waals surface area contributed by atoms with E-state index in [4.69, 9.17) is 0 Å². The summed E-state index contributed by atoms with van der Waals surface area (Å²) in [6.45, 7) is 8.49. The maximum atomic E-state index is 13.4. The Kier molecular flexibility index (Phi) is 5.84. The summed E-state index contributed by atoms with van der Waals surface area (Å²) in [7, 11) is 0. The number of nitrogens with zero attached hydrogens (tertiary/aromatic N) is 2. The molecule has 1 aliphatic carbocycles. The molecule has 3 fully saturated rings. The highest BCUT2D eigenvalue weighted by Gasteiger charge is 2.58. The van der Waals surface area contributed by atoms with E-state index < -0.39 is 0 Å². The molecule has 1 amide bonds. The van der Waals surface area contributed by atoms with Crippen LogP contribution in [0.4, 0.5) is 0 Å². The van der Waals surface area contributed by atoms with Crippen LogP contribution < -0.4 is 5.32 Å². The molecule has 2 unspecified atom stereocenters. The van der Waals surface area contributed by atoms with Crippen LogP contribution in [0.15, 0.2) is 30.3 Å². The van der Waals surface area contributed by atoms with Gasteiger partial charge in [0, 0.05) is 31.6 Å². The van der Waals surface area contributed by atoms with Crippen LogP contribution in [0.2, 0.25) is 0 Å². The lowest BCUT2D eigenvalue weighted by Gasteiger charge is -2.40.